The molecular formula is C19H29N5O. The van der Waals surface area contributed by atoms with Crippen LogP contribution in [-0.4, -0.2) is 43.0 Å². The molecule has 3 heterocycles. The van der Waals surface area contributed by atoms with Gasteiger partial charge in [-0.2, -0.15) is 10.2 Å². The topological polar surface area (TPSA) is 56.0 Å². The van der Waals surface area contributed by atoms with Crippen LogP contribution in [0.2, 0.25) is 0 Å². The molecule has 0 N–H and O–H groups in total. The number of carbonyl (C=O) groups is 1. The minimum Gasteiger partial charge on any atom is -0.340 e. The van der Waals surface area contributed by atoms with E-state index in [1.165, 1.54) is 17.7 Å². The Hall–Kier alpha value is -2.11. The lowest BCUT2D eigenvalue weighted by molar-refractivity contribution is -0.135. The van der Waals surface area contributed by atoms with Gasteiger partial charge in [0.1, 0.15) is 0 Å². The fraction of sp³-hybridized carbons (Fsp3) is 0.632. The van der Waals surface area contributed by atoms with Gasteiger partial charge in [0.2, 0.25) is 5.91 Å². The Labute approximate surface area is 149 Å². The zero-order chi connectivity index (χ0) is 17.8. The molecule has 1 saturated heterocycles. The first-order chi connectivity index (χ1) is 12.1. The number of hydrogen-bond donors (Lipinski definition) is 0. The SMILES string of the molecule is Cc1nn(C)c(C)c1CCC(=O)N1CCCC[C@@H]1CCn1cccn1. The molecule has 0 aromatic carbocycles. The van der Waals surface area contributed by atoms with Crippen molar-refractivity contribution in [3.63, 3.8) is 0 Å². The summed E-state index contributed by atoms with van der Waals surface area (Å²) in [5.74, 6) is 0.285. The minimum absolute atomic E-state index is 0.285. The van der Waals surface area contributed by atoms with Crippen molar-refractivity contribution >= 4 is 5.91 Å². The van der Waals surface area contributed by atoms with Crippen molar-refractivity contribution in [1.29, 1.82) is 0 Å². The van der Waals surface area contributed by atoms with E-state index in [0.29, 0.717) is 12.5 Å². The molecule has 0 radical (unpaired) electrons. The molecule has 0 spiro atoms. The number of likely N-dealkylation sites (tertiary alicyclic amines) is 1. The first-order valence-electron chi connectivity index (χ1n) is 9.32. The highest BCUT2D eigenvalue weighted by molar-refractivity contribution is 5.77. The van der Waals surface area contributed by atoms with E-state index in [-0.39, 0.29) is 5.91 Å². The smallest absolute Gasteiger partial charge is 0.223 e. The van der Waals surface area contributed by atoms with Gasteiger partial charge in [0.25, 0.3) is 0 Å². The average molecular weight is 343 g/mol. The third kappa shape index (κ3) is 4.11. The van der Waals surface area contributed by atoms with Gasteiger partial charge in [-0.25, -0.2) is 0 Å². The van der Waals surface area contributed by atoms with Crippen LogP contribution in [0.4, 0.5) is 0 Å². The van der Waals surface area contributed by atoms with Crippen molar-refractivity contribution in [3.8, 4) is 0 Å². The lowest BCUT2D eigenvalue weighted by Gasteiger charge is -2.36. The molecule has 0 aliphatic carbocycles. The van der Waals surface area contributed by atoms with E-state index in [4.69, 9.17) is 0 Å². The van der Waals surface area contributed by atoms with Crippen LogP contribution in [-0.2, 0) is 24.8 Å². The molecule has 1 atom stereocenters. The summed E-state index contributed by atoms with van der Waals surface area (Å²) in [6.45, 7) is 5.88. The Bertz CT molecular complexity index is 704. The van der Waals surface area contributed by atoms with E-state index in [0.717, 1.165) is 44.5 Å². The van der Waals surface area contributed by atoms with Gasteiger partial charge < -0.3 is 4.90 Å². The molecule has 1 fully saturated rings. The maximum atomic E-state index is 12.8. The fourth-order valence-electron chi connectivity index (χ4n) is 3.90. The van der Waals surface area contributed by atoms with Gasteiger partial charge in [-0.05, 0) is 57.6 Å². The van der Waals surface area contributed by atoms with E-state index in [1.807, 2.05) is 41.8 Å². The third-order valence-electron chi connectivity index (χ3n) is 5.45. The van der Waals surface area contributed by atoms with Crippen LogP contribution in [0.25, 0.3) is 0 Å². The van der Waals surface area contributed by atoms with Crippen LogP contribution in [0.1, 0.15) is 49.1 Å². The molecule has 0 unspecified atom stereocenters. The van der Waals surface area contributed by atoms with Crippen molar-refractivity contribution < 1.29 is 4.79 Å². The number of rotatable bonds is 6. The van der Waals surface area contributed by atoms with Crippen LogP contribution in [0.15, 0.2) is 18.5 Å². The number of aryl methyl sites for hydroxylation is 3. The molecule has 6 nitrogen and oxygen atoms in total. The second kappa shape index (κ2) is 7.85. The van der Waals surface area contributed by atoms with Gasteiger partial charge in [-0.15, -0.1) is 0 Å². The molecule has 0 bridgehead atoms. The summed E-state index contributed by atoms with van der Waals surface area (Å²) in [6.07, 6.45) is 9.59. The fourth-order valence-corrected chi connectivity index (χ4v) is 3.90. The summed E-state index contributed by atoms with van der Waals surface area (Å²) in [4.78, 5) is 15.0. The molecule has 25 heavy (non-hydrogen) atoms. The highest BCUT2D eigenvalue weighted by Gasteiger charge is 2.26. The van der Waals surface area contributed by atoms with Gasteiger partial charge >= 0.3 is 0 Å². The second-order valence-electron chi connectivity index (χ2n) is 7.07. The summed E-state index contributed by atoms with van der Waals surface area (Å²) in [6, 6.07) is 2.30. The van der Waals surface area contributed by atoms with E-state index >= 15 is 0 Å². The third-order valence-corrected chi connectivity index (χ3v) is 5.45. The average Bonchev–Trinajstić information content (AvgIpc) is 3.21. The summed E-state index contributed by atoms with van der Waals surface area (Å²) < 4.78 is 3.86. The first-order valence-corrected chi connectivity index (χ1v) is 9.32. The Balaban J connectivity index is 1.58. The summed E-state index contributed by atoms with van der Waals surface area (Å²) >= 11 is 0. The predicted molar refractivity (Wildman–Crippen MR) is 97.2 cm³/mol. The molecule has 0 saturated carbocycles. The highest BCUT2D eigenvalue weighted by Crippen LogP contribution is 2.22. The number of nitrogens with zero attached hydrogens (tertiary/aromatic N) is 5. The molecule has 1 aliphatic heterocycles. The van der Waals surface area contributed by atoms with E-state index < -0.39 is 0 Å². The highest BCUT2D eigenvalue weighted by atomic mass is 16.2. The Kier molecular flexibility index (Phi) is 5.56. The van der Waals surface area contributed by atoms with Crippen molar-refractivity contribution in [3.05, 3.63) is 35.4 Å². The quantitative estimate of drug-likeness (QED) is 0.810. The maximum Gasteiger partial charge on any atom is 0.223 e. The van der Waals surface area contributed by atoms with Crippen LogP contribution >= 0.6 is 0 Å². The largest absolute Gasteiger partial charge is 0.340 e. The van der Waals surface area contributed by atoms with Crippen LogP contribution in [0, 0.1) is 13.8 Å². The molecule has 2 aromatic rings. The summed E-state index contributed by atoms with van der Waals surface area (Å²) in [5.41, 5.74) is 3.43. The molecule has 1 amide bonds. The zero-order valence-corrected chi connectivity index (χ0v) is 15.6. The van der Waals surface area contributed by atoms with Crippen molar-refractivity contribution in [2.45, 2.75) is 65.0 Å². The summed E-state index contributed by atoms with van der Waals surface area (Å²) in [7, 11) is 1.96. The lowest BCUT2D eigenvalue weighted by atomic mass is 9.98. The number of aromatic nitrogens is 4. The zero-order valence-electron chi connectivity index (χ0n) is 15.6. The van der Waals surface area contributed by atoms with Crippen LogP contribution < -0.4 is 0 Å². The molecule has 3 rings (SSSR count). The van der Waals surface area contributed by atoms with Crippen LogP contribution in [0.3, 0.4) is 0 Å². The van der Waals surface area contributed by atoms with E-state index in [1.54, 1.807) is 0 Å². The van der Waals surface area contributed by atoms with Gasteiger partial charge in [-0.1, -0.05) is 0 Å². The monoisotopic (exact) mass is 343 g/mol. The van der Waals surface area contributed by atoms with E-state index in [9.17, 15) is 4.79 Å². The van der Waals surface area contributed by atoms with Gasteiger partial charge in [-0.3, -0.25) is 14.2 Å². The Morgan fingerprint density at radius 1 is 1.32 bits per heavy atom. The van der Waals surface area contributed by atoms with Crippen molar-refractivity contribution in [2.75, 3.05) is 6.54 Å². The second-order valence-corrected chi connectivity index (χ2v) is 7.07. The molecular weight excluding hydrogens is 314 g/mol. The molecule has 6 heteroatoms. The van der Waals surface area contributed by atoms with Crippen LogP contribution in [0.5, 0.6) is 0 Å². The molecule has 2 aromatic heterocycles. The number of hydrogen-bond acceptors (Lipinski definition) is 3. The number of amides is 1. The number of carbonyl (C=O) groups excluding carboxylic acids is 1. The Morgan fingerprint density at radius 2 is 2.16 bits per heavy atom. The van der Waals surface area contributed by atoms with Crippen molar-refractivity contribution in [2.24, 2.45) is 7.05 Å². The standard InChI is InChI=1S/C19H29N5O/c1-15-18(16(2)22(3)21-15)8-9-19(25)24-13-5-4-7-17(24)10-14-23-12-6-11-20-23/h6,11-12,17H,4-5,7-10,13-14H2,1-3H3/t17-/m1/s1. The van der Waals surface area contributed by atoms with Gasteiger partial charge in [0.05, 0.1) is 5.69 Å². The van der Waals surface area contributed by atoms with E-state index in [2.05, 4.69) is 22.0 Å². The molecule has 136 valence electrons. The molecule has 1 aliphatic rings. The van der Waals surface area contributed by atoms with Gasteiger partial charge in [0.15, 0.2) is 0 Å². The summed E-state index contributed by atoms with van der Waals surface area (Å²) in [5, 5.41) is 8.73. The predicted octanol–water partition coefficient (Wildman–Crippen LogP) is 2.64. The normalized spacial score (nSPS) is 17.9. The Morgan fingerprint density at radius 3 is 2.84 bits per heavy atom. The maximum absolute atomic E-state index is 12.8. The minimum atomic E-state index is 0.285. The first kappa shape index (κ1) is 17.7. The number of piperidine rings is 1. The lowest BCUT2D eigenvalue weighted by Crippen LogP contribution is -2.44. The van der Waals surface area contributed by atoms with Gasteiger partial charge in [0, 0.05) is 50.7 Å². The van der Waals surface area contributed by atoms with Crippen molar-refractivity contribution in [1.82, 2.24) is 24.5 Å².